The van der Waals surface area contributed by atoms with E-state index in [9.17, 15) is 9.90 Å². The molecule has 1 saturated heterocycles. The second kappa shape index (κ2) is 7.07. The molecule has 18 heavy (non-hydrogen) atoms. The Balaban J connectivity index is 2.25. The van der Waals surface area contributed by atoms with E-state index >= 15 is 0 Å². The van der Waals surface area contributed by atoms with Crippen molar-refractivity contribution in [3.8, 4) is 0 Å². The molecule has 0 amide bonds. The van der Waals surface area contributed by atoms with Crippen LogP contribution in [0.4, 0.5) is 0 Å². The fraction of sp³-hybridized carbons (Fsp3) is 0.923. The van der Waals surface area contributed by atoms with Crippen LogP contribution in [0.1, 0.15) is 33.1 Å². The van der Waals surface area contributed by atoms with Crippen LogP contribution in [0, 0.1) is 11.3 Å². The number of carboxylic acid groups (broad SMARTS) is 1. The van der Waals surface area contributed by atoms with Crippen LogP contribution in [0.5, 0.6) is 0 Å². The van der Waals surface area contributed by atoms with Crippen molar-refractivity contribution in [1.82, 2.24) is 5.32 Å². The summed E-state index contributed by atoms with van der Waals surface area (Å²) in [6, 6.07) is 0. The molecular formula is C13H25NO4. The van der Waals surface area contributed by atoms with Crippen LogP contribution in [-0.2, 0) is 9.53 Å². The predicted molar refractivity (Wildman–Crippen MR) is 68.5 cm³/mol. The summed E-state index contributed by atoms with van der Waals surface area (Å²) in [5.74, 6) is -0.344. The molecule has 1 fully saturated rings. The molecule has 5 nitrogen and oxygen atoms in total. The number of hydrogen-bond acceptors (Lipinski definition) is 4. The number of carbonyl (C=O) groups is 1. The fourth-order valence-corrected chi connectivity index (χ4v) is 2.46. The van der Waals surface area contributed by atoms with Gasteiger partial charge in [-0.3, -0.25) is 4.79 Å². The van der Waals surface area contributed by atoms with E-state index in [2.05, 4.69) is 19.2 Å². The van der Waals surface area contributed by atoms with Crippen molar-refractivity contribution in [3.63, 3.8) is 0 Å². The number of aliphatic hydroxyl groups excluding tert-OH is 1. The van der Waals surface area contributed by atoms with Gasteiger partial charge in [-0.2, -0.15) is 0 Å². The molecule has 0 aromatic carbocycles. The normalized spacial score (nSPS) is 19.7. The zero-order valence-electron chi connectivity index (χ0n) is 11.3. The summed E-state index contributed by atoms with van der Waals surface area (Å²) in [7, 11) is 0. The second-order valence-corrected chi connectivity index (χ2v) is 5.76. The topological polar surface area (TPSA) is 78.8 Å². The molecule has 0 saturated carbocycles. The minimum Gasteiger partial charge on any atom is -0.481 e. The zero-order valence-corrected chi connectivity index (χ0v) is 11.3. The minimum absolute atomic E-state index is 0.146. The molecule has 3 N–H and O–H groups in total. The summed E-state index contributed by atoms with van der Waals surface area (Å²) in [6.45, 7) is 7.19. The molecule has 0 spiro atoms. The van der Waals surface area contributed by atoms with Gasteiger partial charge in [-0.05, 0) is 24.2 Å². The molecular weight excluding hydrogens is 234 g/mol. The maximum absolute atomic E-state index is 10.4. The van der Waals surface area contributed by atoms with Gasteiger partial charge in [-0.15, -0.1) is 0 Å². The van der Waals surface area contributed by atoms with Gasteiger partial charge in [-0.1, -0.05) is 13.8 Å². The molecule has 0 aliphatic carbocycles. The highest BCUT2D eigenvalue weighted by atomic mass is 16.5. The predicted octanol–water partition coefficient (Wildman–Crippen LogP) is 0.864. The Morgan fingerprint density at radius 1 is 1.44 bits per heavy atom. The fourth-order valence-electron chi connectivity index (χ4n) is 2.46. The highest BCUT2D eigenvalue weighted by Gasteiger charge is 2.30. The van der Waals surface area contributed by atoms with Crippen molar-refractivity contribution in [2.24, 2.45) is 11.3 Å². The molecule has 1 atom stereocenters. The maximum atomic E-state index is 10.4. The summed E-state index contributed by atoms with van der Waals surface area (Å²) in [5, 5.41) is 21.2. The SMILES string of the molecule is CC(C)(CNCC(O)CC(=O)O)C1CCOCC1. The lowest BCUT2D eigenvalue weighted by Crippen LogP contribution is -2.41. The molecule has 0 aromatic heterocycles. The zero-order chi connectivity index (χ0) is 13.6. The van der Waals surface area contributed by atoms with Crippen LogP contribution in [0.3, 0.4) is 0 Å². The third-order valence-electron chi connectivity index (χ3n) is 3.70. The van der Waals surface area contributed by atoms with Gasteiger partial charge < -0.3 is 20.3 Å². The maximum Gasteiger partial charge on any atom is 0.306 e. The van der Waals surface area contributed by atoms with E-state index in [1.165, 1.54) is 0 Å². The van der Waals surface area contributed by atoms with Gasteiger partial charge in [0, 0.05) is 26.3 Å². The Kier molecular flexibility index (Phi) is 6.05. The largest absolute Gasteiger partial charge is 0.481 e. The molecule has 5 heteroatoms. The number of carboxylic acids is 1. The number of aliphatic hydroxyl groups is 1. The summed E-state index contributed by atoms with van der Waals surface area (Å²) in [6.07, 6.45) is 1.14. The van der Waals surface area contributed by atoms with Crippen LogP contribution in [0.15, 0.2) is 0 Å². The highest BCUT2D eigenvalue weighted by molar-refractivity contribution is 5.67. The Labute approximate surface area is 109 Å². The first-order valence-electron chi connectivity index (χ1n) is 6.60. The van der Waals surface area contributed by atoms with Crippen LogP contribution in [0.2, 0.25) is 0 Å². The van der Waals surface area contributed by atoms with Gasteiger partial charge in [-0.25, -0.2) is 0 Å². The Bertz CT molecular complexity index is 262. The van der Waals surface area contributed by atoms with E-state index in [0.29, 0.717) is 12.5 Å². The van der Waals surface area contributed by atoms with Crippen molar-refractivity contribution < 1.29 is 19.7 Å². The Hall–Kier alpha value is -0.650. The average Bonchev–Trinajstić information content (AvgIpc) is 2.29. The molecule has 0 aromatic rings. The van der Waals surface area contributed by atoms with Crippen LogP contribution >= 0.6 is 0 Å². The van der Waals surface area contributed by atoms with Crippen LogP contribution < -0.4 is 5.32 Å². The highest BCUT2D eigenvalue weighted by Crippen LogP contribution is 2.33. The molecule has 1 heterocycles. The lowest BCUT2D eigenvalue weighted by atomic mass is 9.74. The standard InChI is InChI=1S/C13H25NO4/c1-13(2,10-3-5-18-6-4-10)9-14-8-11(15)7-12(16)17/h10-11,14-15H,3-9H2,1-2H3,(H,16,17). The summed E-state index contributed by atoms with van der Waals surface area (Å²) >= 11 is 0. The van der Waals surface area contributed by atoms with Crippen molar-refractivity contribution in [2.75, 3.05) is 26.3 Å². The lowest BCUT2D eigenvalue weighted by Gasteiger charge is -2.37. The molecule has 106 valence electrons. The van der Waals surface area contributed by atoms with E-state index in [1.54, 1.807) is 0 Å². The monoisotopic (exact) mass is 259 g/mol. The van der Waals surface area contributed by atoms with Gasteiger partial charge >= 0.3 is 5.97 Å². The van der Waals surface area contributed by atoms with E-state index < -0.39 is 12.1 Å². The molecule has 1 aliphatic rings. The lowest BCUT2D eigenvalue weighted by molar-refractivity contribution is -0.139. The minimum atomic E-state index is -0.965. The van der Waals surface area contributed by atoms with Gasteiger partial charge in [0.15, 0.2) is 0 Å². The molecule has 1 rings (SSSR count). The summed E-state index contributed by atoms with van der Waals surface area (Å²) in [5.41, 5.74) is 0.146. The number of ether oxygens (including phenoxy) is 1. The smallest absolute Gasteiger partial charge is 0.306 e. The first-order chi connectivity index (χ1) is 8.42. The average molecular weight is 259 g/mol. The Morgan fingerprint density at radius 3 is 2.61 bits per heavy atom. The van der Waals surface area contributed by atoms with Crippen molar-refractivity contribution in [3.05, 3.63) is 0 Å². The number of hydrogen-bond donors (Lipinski definition) is 3. The number of nitrogens with one attached hydrogen (secondary N) is 1. The molecule has 1 unspecified atom stereocenters. The summed E-state index contributed by atoms with van der Waals surface area (Å²) < 4.78 is 5.36. The van der Waals surface area contributed by atoms with E-state index in [1.807, 2.05) is 0 Å². The van der Waals surface area contributed by atoms with Gasteiger partial charge in [0.25, 0.3) is 0 Å². The van der Waals surface area contributed by atoms with E-state index in [4.69, 9.17) is 9.84 Å². The van der Waals surface area contributed by atoms with Crippen LogP contribution in [-0.4, -0.2) is 48.6 Å². The summed E-state index contributed by atoms with van der Waals surface area (Å²) in [4.78, 5) is 10.4. The Morgan fingerprint density at radius 2 is 2.06 bits per heavy atom. The van der Waals surface area contributed by atoms with Crippen molar-refractivity contribution in [1.29, 1.82) is 0 Å². The quantitative estimate of drug-likeness (QED) is 0.632. The molecule has 0 radical (unpaired) electrons. The van der Waals surface area contributed by atoms with Gasteiger partial charge in [0.2, 0.25) is 0 Å². The number of rotatable bonds is 7. The van der Waals surface area contributed by atoms with Crippen LogP contribution in [0.25, 0.3) is 0 Å². The van der Waals surface area contributed by atoms with Crippen molar-refractivity contribution >= 4 is 5.97 Å². The first-order valence-corrected chi connectivity index (χ1v) is 6.60. The number of aliphatic carboxylic acids is 1. The third kappa shape index (κ3) is 5.33. The first kappa shape index (κ1) is 15.4. The third-order valence-corrected chi connectivity index (χ3v) is 3.70. The van der Waals surface area contributed by atoms with E-state index in [0.717, 1.165) is 32.6 Å². The van der Waals surface area contributed by atoms with Crippen molar-refractivity contribution in [2.45, 2.75) is 39.2 Å². The second-order valence-electron chi connectivity index (χ2n) is 5.76. The molecule has 0 bridgehead atoms. The van der Waals surface area contributed by atoms with Gasteiger partial charge in [0.1, 0.15) is 0 Å². The molecule has 1 aliphatic heterocycles. The van der Waals surface area contributed by atoms with E-state index in [-0.39, 0.29) is 11.8 Å². The van der Waals surface area contributed by atoms with Gasteiger partial charge in [0.05, 0.1) is 12.5 Å².